The number of nitrogens with one attached hydrogen (secondary N) is 1. The van der Waals surface area contributed by atoms with E-state index in [1.165, 1.54) is 5.56 Å². The smallest absolute Gasteiger partial charge is 0.159 e. The van der Waals surface area contributed by atoms with Gasteiger partial charge in [0.1, 0.15) is 17.1 Å². The molecule has 1 N–H and O–H groups in total. The molecule has 0 saturated carbocycles. The van der Waals surface area contributed by atoms with E-state index in [-0.39, 0.29) is 12.4 Å². The normalized spacial score (nSPS) is 27.8. The molecule has 0 aromatic heterocycles. The van der Waals surface area contributed by atoms with Gasteiger partial charge in [-0.1, -0.05) is 12.1 Å². The fourth-order valence-corrected chi connectivity index (χ4v) is 4.57. The number of sulfone groups is 1. The van der Waals surface area contributed by atoms with Gasteiger partial charge in [-0.05, 0) is 37.8 Å². The van der Waals surface area contributed by atoms with E-state index in [0.717, 1.165) is 30.8 Å². The zero-order chi connectivity index (χ0) is 13.5. The summed E-state index contributed by atoms with van der Waals surface area (Å²) in [5, 5.41) is 3.30. The van der Waals surface area contributed by atoms with E-state index in [4.69, 9.17) is 4.74 Å². The first-order valence-electron chi connectivity index (χ1n) is 6.73. The van der Waals surface area contributed by atoms with Crippen molar-refractivity contribution in [3.63, 3.8) is 0 Å². The average molecular weight is 281 g/mol. The molecule has 5 heteroatoms. The molecular formula is C14H19NO3S. The van der Waals surface area contributed by atoms with Crippen LogP contribution < -0.4 is 10.1 Å². The molecular weight excluding hydrogens is 262 g/mol. The summed E-state index contributed by atoms with van der Waals surface area (Å²) in [5.41, 5.74) is 2.28. The maximum Gasteiger partial charge on any atom is 0.159 e. The first kappa shape index (κ1) is 12.8. The minimum atomic E-state index is -3.02. The molecule has 1 atom stereocenters. The van der Waals surface area contributed by atoms with Crippen molar-refractivity contribution in [2.45, 2.75) is 30.9 Å². The van der Waals surface area contributed by atoms with Crippen molar-refractivity contribution in [2.75, 3.05) is 24.2 Å². The van der Waals surface area contributed by atoms with Gasteiger partial charge in [0.05, 0.1) is 11.4 Å². The van der Waals surface area contributed by atoms with Gasteiger partial charge in [0.15, 0.2) is 9.84 Å². The summed E-state index contributed by atoms with van der Waals surface area (Å²) in [7, 11) is -3.02. The monoisotopic (exact) mass is 281 g/mol. The van der Waals surface area contributed by atoms with Crippen molar-refractivity contribution in [1.82, 2.24) is 0 Å². The Hall–Kier alpha value is -1.23. The van der Waals surface area contributed by atoms with Crippen LogP contribution in [0.1, 0.15) is 25.3 Å². The van der Waals surface area contributed by atoms with E-state index in [1.54, 1.807) is 6.92 Å². The summed E-state index contributed by atoms with van der Waals surface area (Å²) in [6, 6.07) is 5.95. The highest BCUT2D eigenvalue weighted by molar-refractivity contribution is 7.93. The molecule has 0 radical (unpaired) electrons. The van der Waals surface area contributed by atoms with E-state index >= 15 is 0 Å². The summed E-state index contributed by atoms with van der Waals surface area (Å²) in [4.78, 5) is 0. The van der Waals surface area contributed by atoms with Crippen LogP contribution in [0.5, 0.6) is 5.75 Å². The zero-order valence-corrected chi connectivity index (χ0v) is 11.9. The Morgan fingerprint density at radius 3 is 3.00 bits per heavy atom. The summed E-state index contributed by atoms with van der Waals surface area (Å²) in [6.07, 6.45) is 2.44. The second-order valence-corrected chi connectivity index (χ2v) is 8.25. The number of ether oxygens (including phenoxy) is 1. The third-order valence-electron chi connectivity index (χ3n) is 4.21. The highest BCUT2D eigenvalue weighted by Crippen LogP contribution is 2.36. The van der Waals surface area contributed by atoms with Gasteiger partial charge in [0.2, 0.25) is 0 Å². The van der Waals surface area contributed by atoms with Crippen LogP contribution in [-0.4, -0.2) is 32.1 Å². The largest absolute Gasteiger partial charge is 0.490 e. The first-order valence-corrected chi connectivity index (χ1v) is 8.38. The molecule has 1 aromatic carbocycles. The molecule has 1 fully saturated rings. The Labute approximate surface area is 114 Å². The van der Waals surface area contributed by atoms with Crippen molar-refractivity contribution in [1.29, 1.82) is 0 Å². The molecule has 19 heavy (non-hydrogen) atoms. The third kappa shape index (κ3) is 2.10. The summed E-state index contributed by atoms with van der Waals surface area (Å²) in [5.74, 6) is 1.07. The lowest BCUT2D eigenvalue weighted by atomic mass is 10.1. The number of rotatable bonds is 3. The first-order chi connectivity index (χ1) is 9.02. The van der Waals surface area contributed by atoms with Gasteiger partial charge >= 0.3 is 0 Å². The predicted octanol–water partition coefficient (Wildman–Crippen LogP) is 2.00. The predicted molar refractivity (Wildman–Crippen MR) is 75.6 cm³/mol. The summed E-state index contributed by atoms with van der Waals surface area (Å²) < 4.78 is 29.2. The van der Waals surface area contributed by atoms with Gasteiger partial charge in [-0.3, -0.25) is 0 Å². The fraction of sp³-hybridized carbons (Fsp3) is 0.571. The van der Waals surface area contributed by atoms with Crippen LogP contribution in [0.15, 0.2) is 18.2 Å². The van der Waals surface area contributed by atoms with E-state index in [1.807, 2.05) is 12.1 Å². The number of para-hydroxylation sites is 1. The number of hydrogen-bond acceptors (Lipinski definition) is 4. The Balaban J connectivity index is 1.79. The second-order valence-electron chi connectivity index (χ2n) is 5.63. The van der Waals surface area contributed by atoms with Crippen molar-refractivity contribution >= 4 is 15.5 Å². The van der Waals surface area contributed by atoms with Crippen LogP contribution in [0, 0.1) is 0 Å². The minimum Gasteiger partial charge on any atom is -0.490 e. The number of benzene rings is 1. The maximum atomic E-state index is 12.0. The van der Waals surface area contributed by atoms with E-state index in [0.29, 0.717) is 6.42 Å². The maximum absolute atomic E-state index is 12.0. The Morgan fingerprint density at radius 2 is 2.26 bits per heavy atom. The van der Waals surface area contributed by atoms with Crippen LogP contribution in [0.25, 0.3) is 0 Å². The van der Waals surface area contributed by atoms with Gasteiger partial charge in [0.25, 0.3) is 0 Å². The molecule has 1 aromatic rings. The molecule has 2 heterocycles. The summed E-state index contributed by atoms with van der Waals surface area (Å²) >= 11 is 0. The lowest BCUT2D eigenvalue weighted by molar-refractivity contribution is 0.271. The second kappa shape index (κ2) is 4.40. The van der Waals surface area contributed by atoms with Gasteiger partial charge in [0, 0.05) is 6.54 Å². The molecule has 0 spiro atoms. The lowest BCUT2D eigenvalue weighted by Crippen LogP contribution is -2.37. The summed E-state index contributed by atoms with van der Waals surface area (Å²) in [6.45, 7) is 2.96. The van der Waals surface area contributed by atoms with Gasteiger partial charge < -0.3 is 10.1 Å². The van der Waals surface area contributed by atoms with Crippen LogP contribution >= 0.6 is 0 Å². The molecule has 3 rings (SSSR count). The van der Waals surface area contributed by atoms with Crippen molar-refractivity contribution in [2.24, 2.45) is 0 Å². The van der Waals surface area contributed by atoms with Gasteiger partial charge in [-0.15, -0.1) is 0 Å². The highest BCUT2D eigenvalue weighted by Gasteiger charge is 2.44. The Kier molecular flexibility index (Phi) is 2.96. The molecule has 4 nitrogen and oxygen atoms in total. The molecule has 0 bridgehead atoms. The average Bonchev–Trinajstić information content (AvgIpc) is 2.93. The molecule has 0 aliphatic carbocycles. The Bertz CT molecular complexity index is 597. The standard InChI is InChI=1S/C14H19NO3S/c1-14(7-3-9-19(14,16)17)10-18-12-5-2-4-11-6-8-15-13(11)12/h2,4-5,15H,3,6-10H2,1H3. The van der Waals surface area contributed by atoms with Crippen molar-refractivity contribution in [3.05, 3.63) is 23.8 Å². The number of fused-ring (bicyclic) bond motifs is 1. The number of anilines is 1. The molecule has 2 aliphatic rings. The van der Waals surface area contributed by atoms with Gasteiger partial charge in [-0.2, -0.15) is 0 Å². The molecule has 2 aliphatic heterocycles. The quantitative estimate of drug-likeness (QED) is 0.920. The molecule has 0 amide bonds. The molecule has 104 valence electrons. The molecule has 1 unspecified atom stereocenters. The number of hydrogen-bond donors (Lipinski definition) is 1. The van der Waals surface area contributed by atoms with Crippen LogP contribution in [0.4, 0.5) is 5.69 Å². The van der Waals surface area contributed by atoms with Crippen LogP contribution in [-0.2, 0) is 16.3 Å². The topological polar surface area (TPSA) is 55.4 Å². The third-order valence-corrected chi connectivity index (χ3v) is 6.86. The van der Waals surface area contributed by atoms with E-state index < -0.39 is 14.6 Å². The lowest BCUT2D eigenvalue weighted by Gasteiger charge is -2.23. The van der Waals surface area contributed by atoms with E-state index in [9.17, 15) is 8.42 Å². The molecule has 1 saturated heterocycles. The fourth-order valence-electron chi connectivity index (χ4n) is 2.86. The van der Waals surface area contributed by atoms with Crippen molar-refractivity contribution in [3.8, 4) is 5.75 Å². The minimum absolute atomic E-state index is 0.244. The van der Waals surface area contributed by atoms with Gasteiger partial charge in [-0.25, -0.2) is 8.42 Å². The van der Waals surface area contributed by atoms with Crippen molar-refractivity contribution < 1.29 is 13.2 Å². The van der Waals surface area contributed by atoms with Crippen LogP contribution in [0.3, 0.4) is 0 Å². The highest BCUT2D eigenvalue weighted by atomic mass is 32.2. The SMILES string of the molecule is CC1(COc2cccc3c2NCC3)CCCS1(=O)=O. The Morgan fingerprint density at radius 1 is 1.42 bits per heavy atom. The van der Waals surface area contributed by atoms with Crippen LogP contribution in [0.2, 0.25) is 0 Å². The van der Waals surface area contributed by atoms with E-state index in [2.05, 4.69) is 11.4 Å². The zero-order valence-electron chi connectivity index (χ0n) is 11.1.